The summed E-state index contributed by atoms with van der Waals surface area (Å²) >= 11 is 1.39. The molecule has 98 valence electrons. The van der Waals surface area contributed by atoms with Crippen LogP contribution in [0.5, 0.6) is 0 Å². The molecule has 1 aromatic rings. The summed E-state index contributed by atoms with van der Waals surface area (Å²) in [6.07, 6.45) is 3.09. The van der Waals surface area contributed by atoms with Crippen LogP contribution in [0.4, 0.5) is 5.13 Å². The van der Waals surface area contributed by atoms with E-state index in [1.807, 2.05) is 4.90 Å². The second-order valence-corrected chi connectivity index (χ2v) is 8.09. The summed E-state index contributed by atoms with van der Waals surface area (Å²) < 4.78 is 22.7. The Hall–Kier alpha value is -0.950. The third-order valence-electron chi connectivity index (χ3n) is 3.36. The Bertz CT molecular complexity index is 561. The summed E-state index contributed by atoms with van der Waals surface area (Å²) in [5.41, 5.74) is 0.915. The van der Waals surface area contributed by atoms with E-state index in [-0.39, 0.29) is 11.5 Å². The predicted molar refractivity (Wildman–Crippen MR) is 70.3 cm³/mol. The molecule has 1 aromatic heterocycles. The first-order chi connectivity index (χ1) is 8.59. The molecule has 0 N–H and O–H groups in total. The van der Waals surface area contributed by atoms with Crippen molar-refractivity contribution in [2.75, 3.05) is 29.5 Å². The van der Waals surface area contributed by atoms with E-state index in [1.165, 1.54) is 11.3 Å². The molecule has 1 saturated carbocycles. The number of carbonyl (C=O) groups is 1. The Morgan fingerprint density at radius 2 is 1.94 bits per heavy atom. The highest BCUT2D eigenvalue weighted by molar-refractivity contribution is 7.91. The van der Waals surface area contributed by atoms with Crippen molar-refractivity contribution in [3.8, 4) is 0 Å². The van der Waals surface area contributed by atoms with Gasteiger partial charge in [-0.3, -0.25) is 4.79 Å². The Labute approximate surface area is 110 Å². The summed E-state index contributed by atoms with van der Waals surface area (Å²) in [6, 6.07) is 0. The summed E-state index contributed by atoms with van der Waals surface area (Å²) in [4.78, 5) is 18.2. The summed E-state index contributed by atoms with van der Waals surface area (Å²) in [6.45, 7) is 0.969. The predicted octanol–water partition coefficient (Wildman–Crippen LogP) is 1.07. The number of aldehydes is 1. The number of hydrogen-bond acceptors (Lipinski definition) is 6. The van der Waals surface area contributed by atoms with Gasteiger partial charge in [-0.15, -0.1) is 0 Å². The van der Waals surface area contributed by atoms with Crippen LogP contribution in [0, 0.1) is 0 Å². The van der Waals surface area contributed by atoms with Crippen molar-refractivity contribution in [2.45, 2.75) is 18.8 Å². The van der Waals surface area contributed by atoms with E-state index >= 15 is 0 Å². The molecule has 0 bridgehead atoms. The first kappa shape index (κ1) is 12.1. The molecule has 3 rings (SSSR count). The molecule has 2 aliphatic rings. The van der Waals surface area contributed by atoms with Crippen LogP contribution in [-0.4, -0.2) is 44.3 Å². The van der Waals surface area contributed by atoms with Gasteiger partial charge in [0, 0.05) is 19.0 Å². The molecule has 18 heavy (non-hydrogen) atoms. The largest absolute Gasteiger partial charge is 0.346 e. The fourth-order valence-corrected chi connectivity index (χ4v) is 4.32. The van der Waals surface area contributed by atoms with Gasteiger partial charge in [0.05, 0.1) is 22.1 Å². The minimum absolute atomic E-state index is 0.182. The average Bonchev–Trinajstić information content (AvgIpc) is 3.09. The van der Waals surface area contributed by atoms with Crippen molar-refractivity contribution in [1.82, 2.24) is 4.98 Å². The van der Waals surface area contributed by atoms with Crippen molar-refractivity contribution < 1.29 is 13.2 Å². The van der Waals surface area contributed by atoms with E-state index < -0.39 is 9.84 Å². The van der Waals surface area contributed by atoms with Crippen LogP contribution in [0.3, 0.4) is 0 Å². The monoisotopic (exact) mass is 286 g/mol. The van der Waals surface area contributed by atoms with Crippen LogP contribution in [0.15, 0.2) is 0 Å². The maximum Gasteiger partial charge on any atom is 0.186 e. The zero-order valence-electron chi connectivity index (χ0n) is 9.83. The molecular formula is C11H14N2O3S2. The molecule has 2 heterocycles. The number of anilines is 1. The van der Waals surface area contributed by atoms with Gasteiger partial charge in [-0.25, -0.2) is 13.4 Å². The summed E-state index contributed by atoms with van der Waals surface area (Å²) in [5, 5.41) is 0.800. The van der Waals surface area contributed by atoms with Crippen LogP contribution in [0.2, 0.25) is 0 Å². The molecule has 1 saturated heterocycles. The van der Waals surface area contributed by atoms with E-state index in [1.54, 1.807) is 0 Å². The Morgan fingerprint density at radius 3 is 2.50 bits per heavy atom. The molecule has 1 aliphatic heterocycles. The maximum atomic E-state index is 11.4. The number of nitrogens with zero attached hydrogens (tertiary/aromatic N) is 2. The molecule has 0 aromatic carbocycles. The van der Waals surface area contributed by atoms with E-state index in [2.05, 4.69) is 4.98 Å². The van der Waals surface area contributed by atoms with Crippen LogP contribution in [-0.2, 0) is 9.84 Å². The highest BCUT2D eigenvalue weighted by atomic mass is 32.2. The molecular weight excluding hydrogens is 272 g/mol. The molecule has 1 aliphatic carbocycles. The van der Waals surface area contributed by atoms with E-state index in [9.17, 15) is 13.2 Å². The first-order valence-corrected chi connectivity index (χ1v) is 8.64. The van der Waals surface area contributed by atoms with Gasteiger partial charge in [0.15, 0.2) is 21.3 Å². The lowest BCUT2D eigenvalue weighted by atomic mass is 10.3. The lowest BCUT2D eigenvalue weighted by molar-refractivity contribution is 0.112. The molecule has 0 radical (unpaired) electrons. The third kappa shape index (κ3) is 2.29. The zero-order valence-corrected chi connectivity index (χ0v) is 11.5. The second-order valence-electron chi connectivity index (χ2n) is 4.78. The summed E-state index contributed by atoms with van der Waals surface area (Å²) in [7, 11) is -2.87. The van der Waals surface area contributed by atoms with Gasteiger partial charge in [-0.2, -0.15) is 0 Å². The fraction of sp³-hybridized carbons (Fsp3) is 0.636. The number of rotatable bonds is 3. The highest BCUT2D eigenvalue weighted by Crippen LogP contribution is 2.43. The van der Waals surface area contributed by atoms with Crippen molar-refractivity contribution in [3.05, 3.63) is 10.6 Å². The topological polar surface area (TPSA) is 67.3 Å². The van der Waals surface area contributed by atoms with Crippen LogP contribution in [0.25, 0.3) is 0 Å². The van der Waals surface area contributed by atoms with Crippen molar-refractivity contribution in [1.29, 1.82) is 0 Å². The number of sulfone groups is 1. The minimum atomic E-state index is -2.87. The first-order valence-electron chi connectivity index (χ1n) is 6.00. The van der Waals surface area contributed by atoms with Crippen LogP contribution >= 0.6 is 11.3 Å². The molecule has 0 unspecified atom stereocenters. The molecule has 7 heteroatoms. The Morgan fingerprint density at radius 1 is 1.28 bits per heavy atom. The average molecular weight is 286 g/mol. The zero-order chi connectivity index (χ0) is 12.8. The molecule has 5 nitrogen and oxygen atoms in total. The van der Waals surface area contributed by atoms with Gasteiger partial charge >= 0.3 is 0 Å². The Balaban J connectivity index is 1.82. The smallest absolute Gasteiger partial charge is 0.186 e. The lowest BCUT2D eigenvalue weighted by Crippen LogP contribution is -2.40. The second kappa shape index (κ2) is 4.31. The normalized spacial score (nSPS) is 23.0. The van der Waals surface area contributed by atoms with Gasteiger partial charge in [-0.05, 0) is 12.8 Å². The van der Waals surface area contributed by atoms with Gasteiger partial charge in [0.25, 0.3) is 0 Å². The standard InChI is InChI=1S/C11H14N2O3S2/c14-7-9-10(8-1-2-8)12-11(17-9)13-3-5-18(15,16)6-4-13/h7-8H,1-6H2. The van der Waals surface area contributed by atoms with E-state index in [0.29, 0.717) is 23.9 Å². The lowest BCUT2D eigenvalue weighted by Gasteiger charge is -2.25. The van der Waals surface area contributed by atoms with Gasteiger partial charge in [0.1, 0.15) is 0 Å². The number of aromatic nitrogens is 1. The van der Waals surface area contributed by atoms with Gasteiger partial charge < -0.3 is 4.90 Å². The van der Waals surface area contributed by atoms with Crippen molar-refractivity contribution in [3.63, 3.8) is 0 Å². The highest BCUT2D eigenvalue weighted by Gasteiger charge is 2.31. The molecule has 0 amide bonds. The summed E-state index contributed by atoms with van der Waals surface area (Å²) in [5.74, 6) is 0.813. The van der Waals surface area contributed by atoms with Gasteiger partial charge in [-0.1, -0.05) is 11.3 Å². The Kier molecular flexibility index (Phi) is 2.90. The van der Waals surface area contributed by atoms with E-state index in [4.69, 9.17) is 0 Å². The molecule has 2 fully saturated rings. The van der Waals surface area contributed by atoms with Crippen molar-refractivity contribution in [2.24, 2.45) is 0 Å². The van der Waals surface area contributed by atoms with Gasteiger partial charge in [0.2, 0.25) is 0 Å². The number of carbonyl (C=O) groups excluding carboxylic acids is 1. The van der Waals surface area contributed by atoms with Crippen LogP contribution < -0.4 is 4.90 Å². The SMILES string of the molecule is O=Cc1sc(N2CCS(=O)(=O)CC2)nc1C1CC1. The molecule has 0 spiro atoms. The molecule has 0 atom stereocenters. The van der Waals surface area contributed by atoms with E-state index in [0.717, 1.165) is 30.0 Å². The number of hydrogen-bond donors (Lipinski definition) is 0. The minimum Gasteiger partial charge on any atom is -0.346 e. The van der Waals surface area contributed by atoms with Crippen molar-refractivity contribution >= 4 is 32.6 Å². The fourth-order valence-electron chi connectivity index (χ4n) is 2.10. The maximum absolute atomic E-state index is 11.4. The quantitative estimate of drug-likeness (QED) is 0.777. The number of thiazole rings is 1. The van der Waals surface area contributed by atoms with Crippen LogP contribution in [0.1, 0.15) is 34.1 Å². The third-order valence-corrected chi connectivity index (χ3v) is 6.02.